The van der Waals surface area contributed by atoms with Gasteiger partial charge in [0, 0.05) is 6.07 Å². The zero-order chi connectivity index (χ0) is 31.9. The summed E-state index contributed by atoms with van der Waals surface area (Å²) in [5, 5.41) is 0. The van der Waals surface area contributed by atoms with Gasteiger partial charge < -0.3 is 14.2 Å². The number of Topliss-reactive ketones (excluding diaryl/α,β-unsaturated/α-hetero) is 1. The summed E-state index contributed by atoms with van der Waals surface area (Å²) in [7, 11) is 0. The molecule has 0 N–H and O–H groups in total. The summed E-state index contributed by atoms with van der Waals surface area (Å²) in [6.07, 6.45) is -13.8. The van der Waals surface area contributed by atoms with Crippen LogP contribution >= 0.6 is 0 Å². The normalized spacial score (nSPS) is 14.0. The highest BCUT2D eigenvalue weighted by molar-refractivity contribution is 6.05. The van der Waals surface area contributed by atoms with Crippen molar-refractivity contribution in [2.45, 2.75) is 62.4 Å². The van der Waals surface area contributed by atoms with Crippen molar-refractivity contribution < 1.29 is 90.1 Å². The van der Waals surface area contributed by atoms with Crippen molar-refractivity contribution in [3.8, 4) is 11.5 Å². The molecule has 228 valence electrons. The van der Waals surface area contributed by atoms with Gasteiger partial charge in [-0.2, -0.15) is 61.5 Å². The van der Waals surface area contributed by atoms with Crippen molar-refractivity contribution >= 4 is 17.7 Å². The summed E-state index contributed by atoms with van der Waals surface area (Å²) < 4.78 is 193. The molecule has 0 unspecified atom stereocenters. The second kappa shape index (κ2) is 10.6. The summed E-state index contributed by atoms with van der Waals surface area (Å²) in [6.45, 7) is 1.60. The second-order valence-electron chi connectivity index (χ2n) is 8.00. The Balaban J connectivity index is 3.36. The van der Waals surface area contributed by atoms with Gasteiger partial charge in [0.25, 0.3) is 0 Å². The maximum absolute atomic E-state index is 13.6. The van der Waals surface area contributed by atoms with Crippen molar-refractivity contribution in [1.82, 2.24) is 0 Å². The van der Waals surface area contributed by atoms with Crippen LogP contribution in [0.25, 0.3) is 0 Å². The number of hydrogen-bond donors (Lipinski definition) is 0. The van der Waals surface area contributed by atoms with Gasteiger partial charge in [0.1, 0.15) is 11.5 Å². The number of alkyl halides is 14. The largest absolute Gasteiger partial charge is 0.493 e. The Bertz CT molecular complexity index is 1140. The molecule has 0 radical (unpaired) electrons. The summed E-state index contributed by atoms with van der Waals surface area (Å²) in [4.78, 5) is 35.7. The maximum Gasteiger partial charge on any atom is 0.460 e. The van der Waals surface area contributed by atoms with Gasteiger partial charge in [-0.05, 0) is 32.9 Å². The first-order valence-electron chi connectivity index (χ1n) is 10.0. The molecule has 1 aromatic rings. The first-order valence-corrected chi connectivity index (χ1v) is 10.0. The Morgan fingerprint density at radius 3 is 1.52 bits per heavy atom. The third kappa shape index (κ3) is 6.18. The number of hydrogen-bond acceptors (Lipinski definition) is 6. The minimum absolute atomic E-state index is 0.279. The van der Waals surface area contributed by atoms with Crippen LogP contribution in [-0.4, -0.2) is 66.0 Å². The molecule has 0 aliphatic heterocycles. The minimum Gasteiger partial charge on any atom is -0.493 e. The summed E-state index contributed by atoms with van der Waals surface area (Å²) in [5.41, 5.74) is -3.90. The summed E-state index contributed by atoms with van der Waals surface area (Å²) in [6, 6.07) is 0.981. The zero-order valence-electron chi connectivity index (χ0n) is 19.7. The molecule has 0 aromatic heterocycles. The molecule has 0 aliphatic rings. The van der Waals surface area contributed by atoms with Crippen LogP contribution in [0.2, 0.25) is 0 Å². The topological polar surface area (TPSA) is 78.9 Å². The molecule has 6 nitrogen and oxygen atoms in total. The first-order chi connectivity index (χ1) is 17.6. The van der Waals surface area contributed by atoms with E-state index in [1.54, 1.807) is 0 Å². The Kier molecular flexibility index (Phi) is 9.16. The average molecular weight is 616 g/mol. The van der Waals surface area contributed by atoms with Gasteiger partial charge >= 0.3 is 48.0 Å². The molecule has 1 aromatic carbocycles. The van der Waals surface area contributed by atoms with E-state index in [0.29, 0.717) is 26.0 Å². The van der Waals surface area contributed by atoms with Crippen molar-refractivity contribution in [1.29, 1.82) is 0 Å². The first kappa shape index (κ1) is 34.7. The van der Waals surface area contributed by atoms with Crippen molar-refractivity contribution in [2.75, 3.05) is 6.61 Å². The molecule has 0 heterocycles. The zero-order valence-corrected chi connectivity index (χ0v) is 19.7. The van der Waals surface area contributed by atoms with E-state index in [1.165, 1.54) is 6.92 Å². The monoisotopic (exact) mass is 616 g/mol. The molecule has 0 aliphatic carbocycles. The molecule has 20 heteroatoms. The number of ether oxygens (including phenoxy) is 3. The quantitative estimate of drug-likeness (QED) is 0.136. The van der Waals surface area contributed by atoms with E-state index in [-0.39, 0.29) is 6.07 Å². The average Bonchev–Trinajstić information content (AvgIpc) is 2.76. The van der Waals surface area contributed by atoms with E-state index < -0.39 is 83.0 Å². The smallest absolute Gasteiger partial charge is 0.460 e. The van der Waals surface area contributed by atoms with E-state index in [2.05, 4.69) is 9.47 Å². The van der Waals surface area contributed by atoms with Gasteiger partial charge in [0.05, 0.1) is 12.2 Å². The lowest BCUT2D eigenvalue weighted by molar-refractivity contribution is -0.349. The SMILES string of the molecule is CCOc1cc(OC(=O)C(F)(F)C(F)(F)C(F)(F)F)ccc1C(=O)C(C)(C)OC(=O)C(F)(F)C(F)(F)C(F)(F)F. The third-order valence-corrected chi connectivity index (χ3v) is 4.62. The van der Waals surface area contributed by atoms with E-state index in [1.807, 2.05) is 0 Å². The van der Waals surface area contributed by atoms with Crippen LogP contribution in [0.3, 0.4) is 0 Å². The van der Waals surface area contributed by atoms with Crippen LogP contribution in [0.15, 0.2) is 18.2 Å². The number of halogens is 14. The molecule has 0 spiro atoms. The Hall–Kier alpha value is -3.35. The van der Waals surface area contributed by atoms with Gasteiger partial charge in [0.2, 0.25) is 5.78 Å². The Morgan fingerprint density at radius 2 is 1.12 bits per heavy atom. The molecule has 1 rings (SSSR count). The lowest BCUT2D eigenvalue weighted by Crippen LogP contribution is -2.58. The fraction of sp³-hybridized carbons (Fsp3) is 0.550. The van der Waals surface area contributed by atoms with Gasteiger partial charge in [-0.3, -0.25) is 4.79 Å². The molecule has 40 heavy (non-hydrogen) atoms. The van der Waals surface area contributed by atoms with Gasteiger partial charge in [-0.25, -0.2) is 9.59 Å². The van der Waals surface area contributed by atoms with Crippen molar-refractivity contribution in [2.24, 2.45) is 0 Å². The second-order valence-corrected chi connectivity index (χ2v) is 8.00. The number of carbonyl (C=O) groups excluding carboxylic acids is 3. The fourth-order valence-corrected chi connectivity index (χ4v) is 2.48. The predicted molar refractivity (Wildman–Crippen MR) is 99.6 cm³/mol. The molecular weight excluding hydrogens is 602 g/mol. The standard InChI is InChI=1S/C20H14F14O6/c1-4-38-10-7-8(39-12(36)15(21,22)17(25,26)19(29,30)31)5-6-9(10)11(35)14(2,3)40-13(37)16(23,24)18(27,28)20(32,33)34/h5-7H,4H2,1-3H3. The van der Waals surface area contributed by atoms with Crippen molar-refractivity contribution in [3.05, 3.63) is 23.8 Å². The Morgan fingerprint density at radius 1 is 0.700 bits per heavy atom. The summed E-state index contributed by atoms with van der Waals surface area (Å²) >= 11 is 0. The van der Waals surface area contributed by atoms with Crippen LogP contribution in [0, 0.1) is 0 Å². The number of esters is 2. The molecular formula is C20H14F14O6. The van der Waals surface area contributed by atoms with E-state index in [4.69, 9.17) is 4.74 Å². The number of rotatable bonds is 10. The van der Waals surface area contributed by atoms with Crippen LogP contribution in [0.1, 0.15) is 31.1 Å². The maximum atomic E-state index is 13.6. The highest BCUT2D eigenvalue weighted by Gasteiger charge is 2.78. The number of ketones is 1. The molecule has 0 fully saturated rings. The van der Waals surface area contributed by atoms with Gasteiger partial charge in [-0.1, -0.05) is 0 Å². The van der Waals surface area contributed by atoms with Crippen LogP contribution in [0.5, 0.6) is 11.5 Å². The van der Waals surface area contributed by atoms with Crippen molar-refractivity contribution in [3.63, 3.8) is 0 Å². The minimum atomic E-state index is -6.94. The van der Waals surface area contributed by atoms with E-state index in [9.17, 15) is 75.8 Å². The highest BCUT2D eigenvalue weighted by atomic mass is 19.4. The predicted octanol–water partition coefficient (Wildman–Crippen LogP) is 6.16. The highest BCUT2D eigenvalue weighted by Crippen LogP contribution is 2.48. The molecule has 0 bridgehead atoms. The van der Waals surface area contributed by atoms with Gasteiger partial charge in [0.15, 0.2) is 5.60 Å². The van der Waals surface area contributed by atoms with Crippen LogP contribution in [0.4, 0.5) is 61.5 Å². The molecule has 0 saturated heterocycles. The van der Waals surface area contributed by atoms with Crippen LogP contribution < -0.4 is 9.47 Å². The summed E-state index contributed by atoms with van der Waals surface area (Å²) in [5.74, 6) is -37.6. The molecule has 0 atom stereocenters. The molecule has 0 saturated carbocycles. The molecule has 0 amide bonds. The number of benzene rings is 1. The lowest BCUT2D eigenvalue weighted by Gasteiger charge is -2.30. The number of carbonyl (C=O) groups is 3. The van der Waals surface area contributed by atoms with E-state index >= 15 is 0 Å². The van der Waals surface area contributed by atoms with Crippen LogP contribution in [-0.2, 0) is 14.3 Å². The third-order valence-electron chi connectivity index (χ3n) is 4.62. The fourth-order valence-electron chi connectivity index (χ4n) is 2.48. The van der Waals surface area contributed by atoms with E-state index in [0.717, 1.165) is 0 Å². The lowest BCUT2D eigenvalue weighted by atomic mass is 9.95. The van der Waals surface area contributed by atoms with Gasteiger partial charge in [-0.15, -0.1) is 0 Å². The Labute approximate surface area is 213 Å².